The lowest BCUT2D eigenvalue weighted by molar-refractivity contribution is -0.166. The third-order valence-electron chi connectivity index (χ3n) is 7.93. The molecule has 51 heavy (non-hydrogen) atoms. The fraction of sp³-hybridized carbons (Fsp3) is 0.622. The molecule has 0 aromatic rings. The number of unbranched alkanes of at least 4 members (excludes halogenated alkanes) is 11. The molecule has 0 aliphatic heterocycles. The first-order chi connectivity index (χ1) is 25.0. The van der Waals surface area contributed by atoms with Gasteiger partial charge in [-0.3, -0.25) is 14.4 Å². The minimum absolute atomic E-state index is 0.0934. The van der Waals surface area contributed by atoms with Gasteiger partial charge in [-0.2, -0.15) is 0 Å². The second kappa shape index (κ2) is 39.4. The van der Waals surface area contributed by atoms with Crippen LogP contribution in [0.2, 0.25) is 0 Å². The van der Waals surface area contributed by atoms with Gasteiger partial charge in [0.1, 0.15) is 13.2 Å². The van der Waals surface area contributed by atoms with Gasteiger partial charge in [0.15, 0.2) is 6.10 Å². The Balaban J connectivity index is 4.48. The summed E-state index contributed by atoms with van der Waals surface area (Å²) in [6.45, 7) is 6.18. The molecule has 0 heterocycles. The zero-order valence-electron chi connectivity index (χ0n) is 32.6. The Morgan fingerprint density at radius 2 is 0.882 bits per heavy atom. The maximum Gasteiger partial charge on any atom is 0.310 e. The van der Waals surface area contributed by atoms with E-state index in [0.29, 0.717) is 12.8 Å². The van der Waals surface area contributed by atoms with Crippen molar-refractivity contribution in [2.24, 2.45) is 0 Å². The molecule has 0 aliphatic carbocycles. The molecule has 0 aliphatic rings. The van der Waals surface area contributed by atoms with E-state index in [-0.39, 0.29) is 31.6 Å². The summed E-state index contributed by atoms with van der Waals surface area (Å²) in [6.07, 6.45) is 49.0. The van der Waals surface area contributed by atoms with Crippen LogP contribution in [-0.4, -0.2) is 37.2 Å². The van der Waals surface area contributed by atoms with E-state index in [1.54, 1.807) is 6.08 Å². The summed E-state index contributed by atoms with van der Waals surface area (Å²) >= 11 is 0. The summed E-state index contributed by atoms with van der Waals surface area (Å²) in [7, 11) is 0. The summed E-state index contributed by atoms with van der Waals surface area (Å²) in [5.41, 5.74) is 0. The fourth-order valence-electron chi connectivity index (χ4n) is 4.94. The molecule has 0 saturated carbocycles. The highest BCUT2D eigenvalue weighted by molar-refractivity contribution is 5.72. The van der Waals surface area contributed by atoms with Gasteiger partial charge < -0.3 is 14.2 Å². The number of hydrogen-bond donors (Lipinski definition) is 0. The van der Waals surface area contributed by atoms with Gasteiger partial charge in [0.25, 0.3) is 0 Å². The van der Waals surface area contributed by atoms with Gasteiger partial charge in [-0.25, -0.2) is 0 Å². The summed E-state index contributed by atoms with van der Waals surface area (Å²) < 4.78 is 16.4. The minimum atomic E-state index is -0.839. The molecular formula is C45H72O6. The van der Waals surface area contributed by atoms with E-state index in [1.165, 1.54) is 38.5 Å². The van der Waals surface area contributed by atoms with Gasteiger partial charge in [0.2, 0.25) is 0 Å². The van der Waals surface area contributed by atoms with Crippen LogP contribution in [0.25, 0.3) is 0 Å². The first kappa shape index (κ1) is 47.6. The van der Waals surface area contributed by atoms with Gasteiger partial charge in [0, 0.05) is 12.8 Å². The Labute approximate surface area is 312 Å². The lowest BCUT2D eigenvalue weighted by Crippen LogP contribution is -2.30. The molecule has 0 bridgehead atoms. The van der Waals surface area contributed by atoms with Crippen molar-refractivity contribution in [3.05, 3.63) is 85.1 Å². The molecule has 6 heteroatoms. The topological polar surface area (TPSA) is 78.9 Å². The quantitative estimate of drug-likeness (QED) is 0.0218. The molecule has 0 fully saturated rings. The van der Waals surface area contributed by atoms with Crippen molar-refractivity contribution < 1.29 is 28.6 Å². The van der Waals surface area contributed by atoms with Crippen molar-refractivity contribution in [2.75, 3.05) is 13.2 Å². The van der Waals surface area contributed by atoms with Gasteiger partial charge in [-0.05, 0) is 83.5 Å². The maximum absolute atomic E-state index is 12.5. The van der Waals surface area contributed by atoms with Crippen LogP contribution in [0.3, 0.4) is 0 Å². The molecule has 0 amide bonds. The van der Waals surface area contributed by atoms with Crippen molar-refractivity contribution >= 4 is 17.9 Å². The summed E-state index contributed by atoms with van der Waals surface area (Å²) in [4.78, 5) is 37.4. The van der Waals surface area contributed by atoms with Crippen molar-refractivity contribution in [2.45, 2.75) is 168 Å². The molecule has 0 saturated heterocycles. The smallest absolute Gasteiger partial charge is 0.310 e. The number of carbonyl (C=O) groups is 3. The molecule has 6 nitrogen and oxygen atoms in total. The number of allylic oxidation sites excluding steroid dienone is 13. The maximum atomic E-state index is 12.5. The minimum Gasteiger partial charge on any atom is -0.462 e. The normalized spacial score (nSPS) is 12.9. The third-order valence-corrected chi connectivity index (χ3v) is 7.93. The van der Waals surface area contributed by atoms with E-state index < -0.39 is 12.1 Å². The molecule has 0 aromatic carbocycles. The van der Waals surface area contributed by atoms with Crippen LogP contribution in [0.5, 0.6) is 0 Å². The summed E-state index contributed by atoms with van der Waals surface area (Å²) in [5.74, 6) is -1.12. The van der Waals surface area contributed by atoms with E-state index in [9.17, 15) is 14.4 Å². The van der Waals surface area contributed by atoms with E-state index in [0.717, 1.165) is 83.5 Å². The van der Waals surface area contributed by atoms with Crippen molar-refractivity contribution in [1.82, 2.24) is 0 Å². The van der Waals surface area contributed by atoms with Gasteiger partial charge in [-0.1, -0.05) is 144 Å². The number of hydrogen-bond acceptors (Lipinski definition) is 6. The number of esters is 3. The molecule has 0 radical (unpaired) electrons. The Morgan fingerprint density at radius 1 is 0.451 bits per heavy atom. The highest BCUT2D eigenvalue weighted by atomic mass is 16.6. The standard InChI is InChI=1S/C45H72O6/c1-4-7-10-13-16-19-20-21-22-23-24-27-29-32-35-38-44(47)50-41-42(51-45(48)39-36-33-30-26-18-15-12-9-6-3)40-49-43(46)37-34-31-28-25-17-14-11-8-5-2/h8-9,11-12,16-21,25-26,33,36,42H,4-7,10,13-15,22-24,27-32,34-35,37-41H2,1-3H3/b11-8-,12-9-,19-16-,21-20-,25-17-,26-18-,36-33-. The third kappa shape index (κ3) is 37.7. The number of rotatable bonds is 34. The highest BCUT2D eigenvalue weighted by Gasteiger charge is 2.19. The fourth-order valence-corrected chi connectivity index (χ4v) is 4.94. The summed E-state index contributed by atoms with van der Waals surface area (Å²) in [5, 5.41) is 0. The second-order valence-electron chi connectivity index (χ2n) is 12.8. The van der Waals surface area contributed by atoms with Gasteiger partial charge in [-0.15, -0.1) is 0 Å². The molecule has 1 atom stereocenters. The zero-order valence-corrected chi connectivity index (χ0v) is 32.6. The zero-order chi connectivity index (χ0) is 37.3. The van der Waals surface area contributed by atoms with Crippen molar-refractivity contribution in [3.8, 4) is 0 Å². The first-order valence-electron chi connectivity index (χ1n) is 20.1. The Kier molecular flexibility index (Phi) is 36.7. The lowest BCUT2D eigenvalue weighted by atomic mass is 10.1. The number of carbonyl (C=O) groups excluding carboxylic acids is 3. The first-order valence-corrected chi connectivity index (χ1v) is 20.1. The van der Waals surface area contributed by atoms with Crippen LogP contribution >= 0.6 is 0 Å². The van der Waals surface area contributed by atoms with Gasteiger partial charge >= 0.3 is 17.9 Å². The molecule has 0 N–H and O–H groups in total. The molecule has 0 spiro atoms. The molecule has 1 unspecified atom stereocenters. The van der Waals surface area contributed by atoms with Crippen LogP contribution in [0.15, 0.2) is 85.1 Å². The lowest BCUT2D eigenvalue weighted by Gasteiger charge is -2.18. The monoisotopic (exact) mass is 709 g/mol. The Bertz CT molecular complexity index is 1040. The van der Waals surface area contributed by atoms with Crippen molar-refractivity contribution in [1.29, 1.82) is 0 Å². The van der Waals surface area contributed by atoms with E-state index in [2.05, 4.69) is 93.7 Å². The second-order valence-corrected chi connectivity index (χ2v) is 12.8. The van der Waals surface area contributed by atoms with Gasteiger partial charge in [0.05, 0.1) is 6.42 Å². The highest BCUT2D eigenvalue weighted by Crippen LogP contribution is 2.11. The summed E-state index contributed by atoms with van der Waals surface area (Å²) in [6, 6.07) is 0. The number of ether oxygens (including phenoxy) is 3. The largest absolute Gasteiger partial charge is 0.462 e. The van der Waals surface area contributed by atoms with Crippen LogP contribution in [0, 0.1) is 0 Å². The van der Waals surface area contributed by atoms with E-state index >= 15 is 0 Å². The molecular weight excluding hydrogens is 636 g/mol. The molecule has 0 aromatic heterocycles. The van der Waals surface area contributed by atoms with E-state index in [4.69, 9.17) is 14.2 Å². The average molecular weight is 709 g/mol. The van der Waals surface area contributed by atoms with Crippen LogP contribution in [0.1, 0.15) is 162 Å². The predicted octanol–water partition coefficient (Wildman–Crippen LogP) is 12.5. The SMILES string of the molecule is CC/C=C\C/C=C\C/C=C\CC(=O)OC(COC(=O)CCCC/C=C\C/C=C\CC)COC(=O)CCCCCCCC/C=C\C=C/CCCCC. The van der Waals surface area contributed by atoms with E-state index in [1.807, 2.05) is 6.08 Å². The average Bonchev–Trinajstić information content (AvgIpc) is 3.12. The van der Waals surface area contributed by atoms with Crippen LogP contribution in [0.4, 0.5) is 0 Å². The molecule has 288 valence electrons. The Hall–Kier alpha value is -3.41. The Morgan fingerprint density at radius 3 is 1.45 bits per heavy atom. The van der Waals surface area contributed by atoms with Crippen LogP contribution < -0.4 is 0 Å². The molecule has 0 rings (SSSR count). The predicted molar refractivity (Wildman–Crippen MR) is 214 cm³/mol. The van der Waals surface area contributed by atoms with Crippen molar-refractivity contribution in [3.63, 3.8) is 0 Å². The van der Waals surface area contributed by atoms with Crippen LogP contribution in [-0.2, 0) is 28.6 Å².